The average molecular weight is 437 g/mol. The molecule has 1 amide bonds. The van der Waals surface area contributed by atoms with Crippen molar-refractivity contribution >= 4 is 33.0 Å². The predicted octanol–water partition coefficient (Wildman–Crippen LogP) is 4.73. The summed E-state index contributed by atoms with van der Waals surface area (Å²) in [6.07, 6.45) is 1.01. The van der Waals surface area contributed by atoms with E-state index in [0.29, 0.717) is 0 Å². The SMILES string of the molecule is COc1c(NC(=O)c2cc(F)c(C)c(N=N)c2)cc(C(C)(C)C)cc1NS(C)(=O)=O. The molecule has 0 radical (unpaired) electrons. The van der Waals surface area contributed by atoms with Crippen LogP contribution in [-0.4, -0.2) is 27.7 Å². The van der Waals surface area contributed by atoms with Crippen molar-refractivity contribution in [2.45, 2.75) is 33.1 Å². The van der Waals surface area contributed by atoms with Crippen molar-refractivity contribution in [3.05, 3.63) is 46.8 Å². The quantitative estimate of drug-likeness (QED) is 0.567. The number of methoxy groups -OCH3 is 1. The smallest absolute Gasteiger partial charge is 0.255 e. The van der Waals surface area contributed by atoms with Gasteiger partial charge in [0.1, 0.15) is 5.82 Å². The highest BCUT2D eigenvalue weighted by Crippen LogP contribution is 2.39. The van der Waals surface area contributed by atoms with Crippen molar-refractivity contribution in [1.82, 2.24) is 0 Å². The van der Waals surface area contributed by atoms with Gasteiger partial charge in [-0.2, -0.15) is 5.11 Å². The summed E-state index contributed by atoms with van der Waals surface area (Å²) in [7, 11) is -2.27. The lowest BCUT2D eigenvalue weighted by Crippen LogP contribution is -2.18. The van der Waals surface area contributed by atoms with E-state index in [1.807, 2.05) is 20.8 Å². The minimum Gasteiger partial charge on any atom is -0.492 e. The summed E-state index contributed by atoms with van der Waals surface area (Å²) in [6, 6.07) is 5.66. The topological polar surface area (TPSA) is 121 Å². The molecule has 8 nitrogen and oxygen atoms in total. The van der Waals surface area contributed by atoms with Gasteiger partial charge < -0.3 is 10.1 Å². The molecular formula is C20H25FN4O4S. The number of rotatable bonds is 6. The van der Waals surface area contributed by atoms with Gasteiger partial charge in [-0.15, -0.1) is 0 Å². The number of benzene rings is 2. The summed E-state index contributed by atoms with van der Waals surface area (Å²) < 4.78 is 45.5. The van der Waals surface area contributed by atoms with Crippen LogP contribution < -0.4 is 14.8 Å². The zero-order valence-electron chi connectivity index (χ0n) is 17.7. The van der Waals surface area contributed by atoms with Crippen LogP contribution >= 0.6 is 0 Å². The number of halogens is 1. The van der Waals surface area contributed by atoms with Crippen LogP contribution in [0.3, 0.4) is 0 Å². The first-order valence-corrected chi connectivity index (χ1v) is 10.8. The van der Waals surface area contributed by atoms with E-state index < -0.39 is 21.7 Å². The molecule has 0 bridgehead atoms. The molecule has 10 heteroatoms. The maximum atomic E-state index is 14.1. The zero-order chi connectivity index (χ0) is 22.9. The third kappa shape index (κ3) is 5.32. The highest BCUT2D eigenvalue weighted by Gasteiger charge is 2.23. The molecule has 0 aromatic heterocycles. The fourth-order valence-electron chi connectivity index (χ4n) is 2.76. The number of nitrogens with zero attached hydrogens (tertiary/aromatic N) is 1. The van der Waals surface area contributed by atoms with Crippen LogP contribution in [0.5, 0.6) is 5.75 Å². The van der Waals surface area contributed by atoms with Crippen molar-refractivity contribution in [1.29, 1.82) is 5.53 Å². The number of amides is 1. The third-order valence-electron chi connectivity index (χ3n) is 4.40. The van der Waals surface area contributed by atoms with Crippen LogP contribution in [0.25, 0.3) is 0 Å². The number of hydrogen-bond acceptors (Lipinski definition) is 6. The maximum absolute atomic E-state index is 14.1. The molecule has 0 heterocycles. The molecule has 0 saturated heterocycles. The lowest BCUT2D eigenvalue weighted by molar-refractivity contribution is 0.102. The van der Waals surface area contributed by atoms with Crippen LogP contribution in [0.15, 0.2) is 29.4 Å². The average Bonchev–Trinajstić information content (AvgIpc) is 2.61. The van der Waals surface area contributed by atoms with Crippen molar-refractivity contribution in [3.8, 4) is 5.75 Å². The summed E-state index contributed by atoms with van der Waals surface area (Å²) >= 11 is 0. The normalized spacial score (nSPS) is 11.7. The van der Waals surface area contributed by atoms with Crippen molar-refractivity contribution in [3.63, 3.8) is 0 Å². The fourth-order valence-corrected chi connectivity index (χ4v) is 3.31. The van der Waals surface area contributed by atoms with Crippen molar-refractivity contribution < 1.29 is 22.3 Å². The van der Waals surface area contributed by atoms with Gasteiger partial charge in [0.05, 0.1) is 30.4 Å². The molecule has 2 aromatic carbocycles. The zero-order valence-corrected chi connectivity index (χ0v) is 18.5. The maximum Gasteiger partial charge on any atom is 0.255 e. The van der Waals surface area contributed by atoms with E-state index in [1.165, 1.54) is 20.1 Å². The molecular weight excluding hydrogens is 411 g/mol. The molecule has 0 aliphatic rings. The summed E-state index contributed by atoms with van der Waals surface area (Å²) in [5.41, 5.74) is 8.06. The van der Waals surface area contributed by atoms with E-state index in [1.54, 1.807) is 12.1 Å². The second-order valence-electron chi connectivity index (χ2n) is 7.90. The Bertz CT molecular complexity index is 1110. The monoisotopic (exact) mass is 436 g/mol. The highest BCUT2D eigenvalue weighted by molar-refractivity contribution is 7.92. The van der Waals surface area contributed by atoms with Gasteiger partial charge in [0.15, 0.2) is 5.75 Å². The fraction of sp³-hybridized carbons (Fsp3) is 0.350. The predicted molar refractivity (Wildman–Crippen MR) is 114 cm³/mol. The van der Waals surface area contributed by atoms with Crippen molar-refractivity contribution in [2.75, 3.05) is 23.4 Å². The molecule has 162 valence electrons. The Labute approximate surface area is 175 Å². The molecule has 0 atom stereocenters. The molecule has 0 unspecified atom stereocenters. The van der Waals surface area contributed by atoms with Crippen LogP contribution in [-0.2, 0) is 15.4 Å². The minimum atomic E-state index is -3.61. The van der Waals surface area contributed by atoms with E-state index in [0.717, 1.165) is 17.9 Å². The molecule has 3 N–H and O–H groups in total. The Morgan fingerprint density at radius 3 is 2.27 bits per heavy atom. The van der Waals surface area contributed by atoms with Crippen LogP contribution in [0.4, 0.5) is 21.5 Å². The van der Waals surface area contributed by atoms with Gasteiger partial charge in [0.25, 0.3) is 5.91 Å². The Kier molecular flexibility index (Phi) is 6.51. The molecule has 0 fully saturated rings. The van der Waals surface area contributed by atoms with Gasteiger partial charge in [-0.25, -0.2) is 18.3 Å². The molecule has 0 saturated carbocycles. The lowest BCUT2D eigenvalue weighted by atomic mass is 9.86. The largest absolute Gasteiger partial charge is 0.492 e. The molecule has 30 heavy (non-hydrogen) atoms. The van der Waals surface area contributed by atoms with E-state index in [-0.39, 0.29) is 39.4 Å². The van der Waals surface area contributed by atoms with Gasteiger partial charge in [-0.1, -0.05) is 20.8 Å². The minimum absolute atomic E-state index is 0.0370. The van der Waals surface area contributed by atoms with Crippen LogP contribution in [0.1, 0.15) is 42.3 Å². The number of hydrogen-bond donors (Lipinski definition) is 3. The van der Waals surface area contributed by atoms with Gasteiger partial charge in [0.2, 0.25) is 10.0 Å². The number of anilines is 2. The van der Waals surface area contributed by atoms with Gasteiger partial charge in [0, 0.05) is 11.1 Å². The first kappa shape index (κ1) is 23.3. The van der Waals surface area contributed by atoms with Crippen LogP contribution in [0.2, 0.25) is 0 Å². The van der Waals surface area contributed by atoms with Crippen LogP contribution in [0, 0.1) is 18.3 Å². The Morgan fingerprint density at radius 1 is 1.17 bits per heavy atom. The lowest BCUT2D eigenvalue weighted by Gasteiger charge is -2.24. The van der Waals surface area contributed by atoms with E-state index in [4.69, 9.17) is 10.3 Å². The molecule has 0 aliphatic carbocycles. The van der Waals surface area contributed by atoms with Gasteiger partial charge in [-0.05, 0) is 42.2 Å². The Hall–Kier alpha value is -3.01. The van der Waals surface area contributed by atoms with Gasteiger partial charge >= 0.3 is 0 Å². The molecule has 0 aliphatic heterocycles. The second-order valence-corrected chi connectivity index (χ2v) is 9.65. The number of carbonyl (C=O) groups excluding carboxylic acids is 1. The Balaban J connectivity index is 2.60. The Morgan fingerprint density at radius 2 is 1.77 bits per heavy atom. The molecule has 2 rings (SSSR count). The first-order valence-electron chi connectivity index (χ1n) is 8.96. The second kappa shape index (κ2) is 8.39. The summed E-state index contributed by atoms with van der Waals surface area (Å²) in [5.74, 6) is -1.21. The summed E-state index contributed by atoms with van der Waals surface area (Å²) in [6.45, 7) is 7.26. The van der Waals surface area contributed by atoms with Crippen molar-refractivity contribution in [2.24, 2.45) is 5.11 Å². The van der Waals surface area contributed by atoms with E-state index in [2.05, 4.69) is 15.2 Å². The third-order valence-corrected chi connectivity index (χ3v) is 4.99. The summed E-state index contributed by atoms with van der Waals surface area (Å²) in [4.78, 5) is 12.8. The van der Waals surface area contributed by atoms with E-state index in [9.17, 15) is 17.6 Å². The molecule has 0 spiro atoms. The van der Waals surface area contributed by atoms with Gasteiger partial charge in [-0.3, -0.25) is 9.52 Å². The standard InChI is InChI=1S/C20H25FN4O4S/c1-11-14(21)7-12(8-15(11)24-22)19(26)23-16-9-13(20(2,3)4)10-17(18(16)29-5)25-30(6,27)28/h7-10,22,25H,1-6H3,(H,23,26). The number of sulfonamides is 1. The number of ether oxygens (including phenoxy) is 1. The van der Waals surface area contributed by atoms with E-state index >= 15 is 0 Å². The summed E-state index contributed by atoms with van der Waals surface area (Å²) in [5, 5.41) is 5.89. The first-order chi connectivity index (χ1) is 13.8. The number of carbonyl (C=O) groups is 1. The highest BCUT2D eigenvalue weighted by atomic mass is 32.2. The number of nitrogens with one attached hydrogen (secondary N) is 3. The molecule has 2 aromatic rings.